The smallest absolute Gasteiger partial charge is 0.342 e. The van der Waals surface area contributed by atoms with Gasteiger partial charge in [0.1, 0.15) is 0 Å². The van der Waals surface area contributed by atoms with Crippen molar-refractivity contribution in [2.45, 2.75) is 18.7 Å². The van der Waals surface area contributed by atoms with E-state index in [0.717, 1.165) is 0 Å². The Morgan fingerprint density at radius 3 is 2.27 bits per heavy atom. The van der Waals surface area contributed by atoms with Crippen LogP contribution in [0.1, 0.15) is 6.92 Å². The zero-order chi connectivity index (χ0) is 12.2. The van der Waals surface area contributed by atoms with Gasteiger partial charge >= 0.3 is 5.97 Å². The van der Waals surface area contributed by atoms with Crippen LogP contribution in [0.25, 0.3) is 0 Å². The second-order valence-corrected chi connectivity index (χ2v) is 3.56. The molecule has 0 bridgehead atoms. The molecule has 86 valence electrons. The fourth-order valence-electron chi connectivity index (χ4n) is 0.576. The highest BCUT2D eigenvalue weighted by molar-refractivity contribution is 6.36. The molecule has 0 saturated carbocycles. The molecule has 1 N–H and O–H groups in total. The molecule has 0 aromatic heterocycles. The Morgan fingerprint density at radius 2 is 1.93 bits per heavy atom. The number of aliphatic hydroxyl groups is 1. The first kappa shape index (κ1) is 14.1. The Balaban J connectivity index is 4.35. The summed E-state index contributed by atoms with van der Waals surface area (Å²) >= 11 is 5.09. The van der Waals surface area contributed by atoms with E-state index in [1.165, 1.54) is 0 Å². The third-order valence-electron chi connectivity index (χ3n) is 1.76. The Hall–Kier alpha value is -0.910. The van der Waals surface area contributed by atoms with E-state index >= 15 is 0 Å². The van der Waals surface area contributed by atoms with Gasteiger partial charge in [-0.25, -0.2) is 4.79 Å². The number of aliphatic hydroxyl groups excluding tert-OH is 1. The number of hydrogen-bond acceptors (Lipinski definition) is 5. The van der Waals surface area contributed by atoms with Crippen LogP contribution in [0.2, 0.25) is 0 Å². The molecule has 0 aromatic carbocycles. The minimum absolute atomic E-state index is 0.466. The van der Waals surface area contributed by atoms with Gasteiger partial charge in [-0.05, 0) is 21.0 Å². The maximum absolute atomic E-state index is 11.3. The topological polar surface area (TPSA) is 66.8 Å². The van der Waals surface area contributed by atoms with Crippen molar-refractivity contribution in [3.05, 3.63) is 12.2 Å². The van der Waals surface area contributed by atoms with Gasteiger partial charge in [-0.1, -0.05) is 18.2 Å². The van der Waals surface area contributed by atoms with E-state index in [0.29, 0.717) is 0 Å². The van der Waals surface area contributed by atoms with Crippen LogP contribution in [-0.2, 0) is 14.3 Å². The predicted molar refractivity (Wildman–Crippen MR) is 55.2 cm³/mol. The van der Waals surface area contributed by atoms with Crippen LogP contribution >= 0.6 is 11.6 Å². The zero-order valence-electron chi connectivity index (χ0n) is 8.86. The Morgan fingerprint density at radius 1 is 1.47 bits per heavy atom. The van der Waals surface area contributed by atoms with E-state index in [-0.39, 0.29) is 0 Å². The van der Waals surface area contributed by atoms with Crippen LogP contribution in [0.3, 0.4) is 0 Å². The number of rotatable bonds is 5. The number of alkyl halides is 1. The summed E-state index contributed by atoms with van der Waals surface area (Å²) < 4.78 is 4.84. The fraction of sp³-hybridized carbons (Fsp3) is 0.556. The second-order valence-electron chi connectivity index (χ2n) is 3.15. The first-order valence-electron chi connectivity index (χ1n) is 4.20. The largest absolute Gasteiger partial charge is 0.443 e. The van der Waals surface area contributed by atoms with Gasteiger partial charge in [0.05, 0.1) is 5.57 Å². The van der Waals surface area contributed by atoms with Crippen molar-refractivity contribution >= 4 is 23.4 Å². The molecular formula is C9H14ClNO4. The third-order valence-corrected chi connectivity index (χ3v) is 1.96. The van der Waals surface area contributed by atoms with Crippen molar-refractivity contribution in [3.8, 4) is 0 Å². The van der Waals surface area contributed by atoms with Gasteiger partial charge in [0.15, 0.2) is 11.8 Å². The van der Waals surface area contributed by atoms with E-state index in [4.69, 9.17) is 21.4 Å². The van der Waals surface area contributed by atoms with Crippen LogP contribution in [0.15, 0.2) is 12.2 Å². The highest BCUT2D eigenvalue weighted by Gasteiger charge is 2.24. The quantitative estimate of drug-likeness (QED) is 0.183. The predicted octanol–water partition coefficient (Wildman–Crippen LogP) is 0.120. The molecule has 2 atom stereocenters. The van der Waals surface area contributed by atoms with Gasteiger partial charge in [0, 0.05) is 0 Å². The maximum Gasteiger partial charge on any atom is 0.342 e. The Bertz CT molecular complexity index is 275. The number of ketones is 1. The summed E-state index contributed by atoms with van der Waals surface area (Å²) in [5.74, 6) is -1.84. The molecule has 0 rings (SSSR count). The SMILES string of the molecule is C=C(C(=O)OC(C)N(C)C)C(=O)C(O)Cl. The summed E-state index contributed by atoms with van der Waals surface area (Å²) in [5.41, 5.74) is -2.23. The van der Waals surface area contributed by atoms with Gasteiger partial charge in [0.2, 0.25) is 5.78 Å². The molecule has 0 fully saturated rings. The van der Waals surface area contributed by atoms with E-state index in [1.807, 2.05) is 0 Å². The number of Topliss-reactive ketones (excluding diaryl/α,β-unsaturated/α-hetero) is 1. The second kappa shape index (κ2) is 5.85. The van der Waals surface area contributed by atoms with Crippen LogP contribution in [-0.4, -0.2) is 47.6 Å². The summed E-state index contributed by atoms with van der Waals surface area (Å²) in [7, 11) is 3.41. The average molecular weight is 236 g/mol. The molecule has 0 spiro atoms. The molecule has 0 amide bonds. The van der Waals surface area contributed by atoms with Gasteiger partial charge in [-0.15, -0.1) is 0 Å². The van der Waals surface area contributed by atoms with Crippen LogP contribution in [0.4, 0.5) is 0 Å². The number of carbonyl (C=O) groups excluding carboxylic acids is 2. The van der Waals surface area contributed by atoms with Crippen molar-refractivity contribution in [3.63, 3.8) is 0 Å². The first-order valence-corrected chi connectivity index (χ1v) is 4.63. The number of carbonyl (C=O) groups is 2. The molecule has 0 aliphatic carbocycles. The molecule has 6 heteroatoms. The molecule has 0 aliphatic rings. The number of nitrogens with zero attached hydrogens (tertiary/aromatic N) is 1. The molecule has 0 saturated heterocycles. The average Bonchev–Trinajstić information content (AvgIpc) is 2.14. The van der Waals surface area contributed by atoms with Crippen LogP contribution in [0.5, 0.6) is 0 Å². The van der Waals surface area contributed by atoms with Crippen molar-refractivity contribution in [1.29, 1.82) is 0 Å². The lowest BCUT2D eigenvalue weighted by atomic mass is 10.2. The Kier molecular flexibility index (Phi) is 5.49. The van der Waals surface area contributed by atoms with Gasteiger partial charge < -0.3 is 9.84 Å². The summed E-state index contributed by atoms with van der Waals surface area (Å²) in [6.45, 7) is 4.83. The summed E-state index contributed by atoms with van der Waals surface area (Å²) in [6.07, 6.45) is -0.491. The maximum atomic E-state index is 11.3. The molecule has 0 radical (unpaired) electrons. The van der Waals surface area contributed by atoms with E-state index < -0.39 is 29.1 Å². The van der Waals surface area contributed by atoms with E-state index in [9.17, 15) is 9.59 Å². The molecule has 0 aliphatic heterocycles. The van der Waals surface area contributed by atoms with Crippen molar-refractivity contribution in [2.24, 2.45) is 0 Å². The van der Waals surface area contributed by atoms with E-state index in [2.05, 4.69) is 6.58 Å². The van der Waals surface area contributed by atoms with Gasteiger partial charge in [0.25, 0.3) is 0 Å². The lowest BCUT2D eigenvalue weighted by molar-refractivity contribution is -0.151. The number of esters is 1. The molecular weight excluding hydrogens is 222 g/mol. The normalized spacial score (nSPS) is 14.5. The fourth-order valence-corrected chi connectivity index (χ4v) is 0.708. The third kappa shape index (κ3) is 4.42. The highest BCUT2D eigenvalue weighted by atomic mass is 35.5. The summed E-state index contributed by atoms with van der Waals surface area (Å²) in [4.78, 5) is 23.9. The minimum atomic E-state index is -1.76. The first-order chi connectivity index (χ1) is 6.77. The van der Waals surface area contributed by atoms with Crippen LogP contribution in [0, 0.1) is 0 Å². The van der Waals surface area contributed by atoms with Gasteiger partial charge in [-0.3, -0.25) is 9.69 Å². The molecule has 5 nitrogen and oxygen atoms in total. The van der Waals surface area contributed by atoms with E-state index in [1.54, 1.807) is 25.9 Å². The van der Waals surface area contributed by atoms with Crippen molar-refractivity contribution in [2.75, 3.05) is 14.1 Å². The van der Waals surface area contributed by atoms with Crippen LogP contribution < -0.4 is 0 Å². The van der Waals surface area contributed by atoms with Crippen molar-refractivity contribution in [1.82, 2.24) is 4.90 Å². The molecule has 15 heavy (non-hydrogen) atoms. The molecule has 0 heterocycles. The number of halogens is 1. The molecule has 0 aromatic rings. The standard InChI is InChI=1S/C9H14ClNO4/c1-5(7(12)8(10)13)9(14)15-6(2)11(3)4/h6,8,13H,1H2,2-4H3. The van der Waals surface area contributed by atoms with Crippen molar-refractivity contribution < 1.29 is 19.4 Å². The number of hydrogen-bond donors (Lipinski definition) is 1. The van der Waals surface area contributed by atoms with Gasteiger partial charge in [-0.2, -0.15) is 0 Å². The highest BCUT2D eigenvalue weighted by Crippen LogP contribution is 2.06. The molecule has 2 unspecified atom stereocenters. The lowest BCUT2D eigenvalue weighted by Gasteiger charge is -2.20. The zero-order valence-corrected chi connectivity index (χ0v) is 9.61. The summed E-state index contributed by atoms with van der Waals surface area (Å²) in [6, 6.07) is 0. The number of ether oxygens (including phenoxy) is 1. The summed E-state index contributed by atoms with van der Waals surface area (Å²) in [5, 5.41) is 8.72. The Labute approximate surface area is 93.3 Å². The monoisotopic (exact) mass is 235 g/mol. The lowest BCUT2D eigenvalue weighted by Crippen LogP contribution is -2.32. The minimum Gasteiger partial charge on any atom is -0.443 e.